The minimum absolute atomic E-state index is 0.0518. The fourth-order valence-electron chi connectivity index (χ4n) is 2.95. The Bertz CT molecular complexity index is 998. The Balaban J connectivity index is 2.30. The van der Waals surface area contributed by atoms with Gasteiger partial charge in [-0.3, -0.25) is 10.1 Å². The molecule has 2 aromatic carbocycles. The lowest BCUT2D eigenvalue weighted by atomic mass is 9.98. The maximum Gasteiger partial charge on any atom is 0.412 e. The Hall–Kier alpha value is -3.62. The number of nitro groups is 1. The molecule has 33 heavy (non-hydrogen) atoms. The minimum Gasteiger partial charge on any atom is -0.444 e. The van der Waals surface area contributed by atoms with Crippen LogP contribution < -0.4 is 15.4 Å². The van der Waals surface area contributed by atoms with E-state index in [0.29, 0.717) is 23.6 Å². The first-order chi connectivity index (χ1) is 15.5. The normalized spacial score (nSPS) is 11.1. The number of benzene rings is 2. The molecule has 0 aromatic heterocycles. The quantitative estimate of drug-likeness (QED) is 0.403. The first-order valence-electron chi connectivity index (χ1n) is 10.8. The van der Waals surface area contributed by atoms with Gasteiger partial charge >= 0.3 is 12.2 Å². The zero-order valence-corrected chi connectivity index (χ0v) is 19.6. The van der Waals surface area contributed by atoms with Crippen LogP contribution in [-0.2, 0) is 11.3 Å². The number of ether oxygens (including phenoxy) is 2. The van der Waals surface area contributed by atoms with Gasteiger partial charge in [0.25, 0.3) is 5.69 Å². The fourth-order valence-corrected chi connectivity index (χ4v) is 2.95. The molecule has 0 aliphatic carbocycles. The summed E-state index contributed by atoms with van der Waals surface area (Å²) in [7, 11) is 0. The van der Waals surface area contributed by atoms with Crippen LogP contribution >= 0.6 is 0 Å². The van der Waals surface area contributed by atoms with Crippen LogP contribution in [0.25, 0.3) is 11.1 Å². The lowest BCUT2D eigenvalue weighted by Crippen LogP contribution is -2.32. The third-order valence-electron chi connectivity index (χ3n) is 4.50. The molecule has 0 fully saturated rings. The predicted molar refractivity (Wildman–Crippen MR) is 125 cm³/mol. The van der Waals surface area contributed by atoms with Crippen LogP contribution in [0, 0.1) is 16.0 Å². The van der Waals surface area contributed by atoms with Gasteiger partial charge in [-0.15, -0.1) is 0 Å². The molecule has 0 unspecified atom stereocenters. The molecule has 0 aliphatic rings. The van der Waals surface area contributed by atoms with Crippen molar-refractivity contribution in [1.29, 1.82) is 0 Å². The number of carbonyl (C=O) groups excluding carboxylic acids is 2. The van der Waals surface area contributed by atoms with Gasteiger partial charge in [0.2, 0.25) is 0 Å². The summed E-state index contributed by atoms with van der Waals surface area (Å²) in [6, 6.07) is 11.3. The first-order valence-corrected chi connectivity index (χ1v) is 10.8. The highest BCUT2D eigenvalue weighted by molar-refractivity contribution is 5.80. The van der Waals surface area contributed by atoms with Gasteiger partial charge < -0.3 is 20.1 Å². The van der Waals surface area contributed by atoms with Crippen LogP contribution in [0.4, 0.5) is 15.3 Å². The summed E-state index contributed by atoms with van der Waals surface area (Å²) in [5.74, 6) is 0.457. The number of alkyl carbamates (subject to hydrolysis) is 1. The van der Waals surface area contributed by atoms with Crippen molar-refractivity contribution in [3.05, 3.63) is 58.1 Å². The number of nitrogens with one attached hydrogen (secondary N) is 2. The van der Waals surface area contributed by atoms with Crippen LogP contribution in [0.5, 0.6) is 5.75 Å². The molecule has 9 nitrogen and oxygen atoms in total. The van der Waals surface area contributed by atoms with E-state index in [9.17, 15) is 19.7 Å². The summed E-state index contributed by atoms with van der Waals surface area (Å²) < 4.78 is 10.7. The summed E-state index contributed by atoms with van der Waals surface area (Å²) in [5.41, 5.74) is 1.04. The van der Waals surface area contributed by atoms with Gasteiger partial charge in [0.15, 0.2) is 0 Å². The smallest absolute Gasteiger partial charge is 0.412 e. The predicted octanol–water partition coefficient (Wildman–Crippen LogP) is 5.42. The number of nitrogens with zero attached hydrogens (tertiary/aromatic N) is 1. The van der Waals surface area contributed by atoms with Crippen molar-refractivity contribution in [1.82, 2.24) is 10.6 Å². The molecule has 178 valence electrons. The topological polar surface area (TPSA) is 120 Å². The Morgan fingerprint density at radius 3 is 2.36 bits per heavy atom. The Morgan fingerprint density at radius 2 is 1.73 bits per heavy atom. The van der Waals surface area contributed by atoms with Gasteiger partial charge in [-0.1, -0.05) is 38.1 Å². The van der Waals surface area contributed by atoms with Crippen molar-refractivity contribution in [3.8, 4) is 16.9 Å². The monoisotopic (exact) mass is 457 g/mol. The summed E-state index contributed by atoms with van der Waals surface area (Å²) >= 11 is 0. The molecule has 2 rings (SSSR count). The summed E-state index contributed by atoms with van der Waals surface area (Å²) in [4.78, 5) is 35.1. The first kappa shape index (κ1) is 25.6. The highest BCUT2D eigenvalue weighted by atomic mass is 16.6. The number of amides is 2. The molecule has 0 atom stereocenters. The number of hydrogen-bond donors (Lipinski definition) is 2. The van der Waals surface area contributed by atoms with Crippen molar-refractivity contribution in [2.75, 3.05) is 6.54 Å². The van der Waals surface area contributed by atoms with Gasteiger partial charge in [-0.05, 0) is 50.3 Å². The van der Waals surface area contributed by atoms with E-state index >= 15 is 0 Å². The average molecular weight is 458 g/mol. The van der Waals surface area contributed by atoms with E-state index in [4.69, 9.17) is 9.47 Å². The van der Waals surface area contributed by atoms with Crippen LogP contribution in [0.15, 0.2) is 42.5 Å². The van der Waals surface area contributed by atoms with Gasteiger partial charge in [-0.25, -0.2) is 9.59 Å². The van der Waals surface area contributed by atoms with Crippen molar-refractivity contribution in [2.24, 2.45) is 5.92 Å². The number of rotatable bonds is 8. The second kappa shape index (κ2) is 11.3. The third kappa shape index (κ3) is 8.44. The number of nitro benzene ring substituents is 1. The van der Waals surface area contributed by atoms with E-state index in [1.807, 2.05) is 13.8 Å². The zero-order chi connectivity index (χ0) is 24.6. The van der Waals surface area contributed by atoms with E-state index < -0.39 is 22.7 Å². The molecule has 0 bridgehead atoms. The molecule has 0 spiro atoms. The van der Waals surface area contributed by atoms with Gasteiger partial charge in [-0.2, -0.15) is 0 Å². The molecule has 0 aliphatic heterocycles. The second-order valence-corrected chi connectivity index (χ2v) is 8.95. The summed E-state index contributed by atoms with van der Waals surface area (Å²) in [6.45, 7) is 9.97. The zero-order valence-electron chi connectivity index (χ0n) is 19.6. The SMILES string of the molecule is CC(C)CCNC(=O)Oc1cc([N+](=O)[O-])ccc1-c1ccccc1CNC(=O)OC(C)(C)C. The average Bonchev–Trinajstić information content (AvgIpc) is 2.71. The highest BCUT2D eigenvalue weighted by Gasteiger charge is 2.19. The van der Waals surface area contributed by atoms with E-state index in [2.05, 4.69) is 10.6 Å². The second-order valence-electron chi connectivity index (χ2n) is 8.95. The maximum absolute atomic E-state index is 12.3. The van der Waals surface area contributed by atoms with Gasteiger partial charge in [0.05, 0.1) is 11.0 Å². The number of carbonyl (C=O) groups is 2. The van der Waals surface area contributed by atoms with Gasteiger partial charge in [0, 0.05) is 24.7 Å². The third-order valence-corrected chi connectivity index (χ3v) is 4.50. The van der Waals surface area contributed by atoms with Crippen LogP contribution in [-0.4, -0.2) is 29.3 Å². The molecular formula is C24H31N3O6. The van der Waals surface area contributed by atoms with Crippen molar-refractivity contribution in [2.45, 2.75) is 53.2 Å². The Kier molecular flexibility index (Phi) is 8.78. The van der Waals surface area contributed by atoms with Gasteiger partial charge in [0.1, 0.15) is 11.4 Å². The molecule has 0 heterocycles. The molecule has 0 saturated carbocycles. The molecule has 2 aromatic rings. The molecular weight excluding hydrogens is 426 g/mol. The molecule has 2 amide bonds. The minimum atomic E-state index is -0.693. The lowest BCUT2D eigenvalue weighted by molar-refractivity contribution is -0.384. The van der Waals surface area contributed by atoms with E-state index in [1.165, 1.54) is 18.2 Å². The Labute approximate surface area is 193 Å². The summed E-state index contributed by atoms with van der Waals surface area (Å²) in [6.07, 6.45) is -0.487. The van der Waals surface area contributed by atoms with Crippen molar-refractivity contribution in [3.63, 3.8) is 0 Å². The Morgan fingerprint density at radius 1 is 1.03 bits per heavy atom. The van der Waals surface area contributed by atoms with Crippen molar-refractivity contribution >= 4 is 17.9 Å². The van der Waals surface area contributed by atoms with Crippen LogP contribution in [0.1, 0.15) is 46.6 Å². The maximum atomic E-state index is 12.3. The van der Waals surface area contributed by atoms with E-state index in [1.54, 1.807) is 45.0 Å². The van der Waals surface area contributed by atoms with E-state index in [0.717, 1.165) is 12.0 Å². The molecule has 9 heteroatoms. The highest BCUT2D eigenvalue weighted by Crippen LogP contribution is 2.35. The largest absolute Gasteiger partial charge is 0.444 e. The molecule has 0 radical (unpaired) electrons. The summed E-state index contributed by atoms with van der Waals surface area (Å²) in [5, 5.41) is 16.6. The van der Waals surface area contributed by atoms with Crippen molar-refractivity contribution < 1.29 is 24.0 Å². The van der Waals surface area contributed by atoms with E-state index in [-0.39, 0.29) is 18.0 Å². The van der Waals surface area contributed by atoms with Crippen LogP contribution in [0.3, 0.4) is 0 Å². The number of non-ortho nitro benzene ring substituents is 1. The standard InChI is InChI=1S/C24H31N3O6/c1-16(2)12-13-25-22(28)32-21-14-18(27(30)31)10-11-20(21)19-9-7-6-8-17(19)15-26-23(29)33-24(3,4)5/h6-11,14,16H,12-13,15H2,1-5H3,(H,25,28)(H,26,29). The molecule has 2 N–H and O–H groups in total. The van der Waals surface area contributed by atoms with Crippen LogP contribution in [0.2, 0.25) is 0 Å². The number of hydrogen-bond acceptors (Lipinski definition) is 6. The lowest BCUT2D eigenvalue weighted by Gasteiger charge is -2.20. The fraction of sp³-hybridized carbons (Fsp3) is 0.417. The molecule has 0 saturated heterocycles.